The van der Waals surface area contributed by atoms with Crippen LogP contribution >= 0.6 is 0 Å². The minimum Gasteiger partial charge on any atom is -0.394 e. The number of hydrogen-bond acceptors (Lipinski definition) is 14. The first-order chi connectivity index (χ1) is 26.2. The van der Waals surface area contributed by atoms with E-state index in [0.29, 0.717) is 37.7 Å². The molecule has 7 fully saturated rings. The molecule has 7 rings (SSSR count). The number of allylic oxidation sites excluding steroid dienone is 1. The van der Waals surface area contributed by atoms with Crippen molar-refractivity contribution in [2.24, 2.45) is 50.7 Å². The predicted molar refractivity (Wildman–Crippen MR) is 199 cm³/mol. The fourth-order valence-electron chi connectivity index (χ4n) is 14.3. The Morgan fingerprint density at radius 3 is 1.91 bits per heavy atom. The fraction of sp³-hybridized carbons (Fsp3) is 0.929. The Labute approximate surface area is 330 Å². The molecular formula is C42H68O14. The first-order valence-corrected chi connectivity index (χ1v) is 20.9. The Balaban J connectivity index is 1.17. The number of aliphatic hydroxyl groups excluding tert-OH is 9. The first-order valence-electron chi connectivity index (χ1n) is 20.9. The minimum atomic E-state index is -1.58. The quantitative estimate of drug-likeness (QED) is 0.105. The van der Waals surface area contributed by atoms with Crippen LogP contribution in [-0.4, -0.2) is 145 Å². The van der Waals surface area contributed by atoms with Crippen molar-refractivity contribution in [1.29, 1.82) is 0 Å². The molecule has 56 heavy (non-hydrogen) atoms. The molecule has 0 aromatic rings. The second kappa shape index (κ2) is 14.8. The number of Topliss-reactive ketones (excluding diaryl/α,β-unsaturated/α-hetero) is 1. The summed E-state index contributed by atoms with van der Waals surface area (Å²) in [5, 5.41) is 95.9. The van der Waals surface area contributed by atoms with Crippen LogP contribution in [0.25, 0.3) is 0 Å². The molecule has 5 saturated carbocycles. The van der Waals surface area contributed by atoms with Crippen molar-refractivity contribution in [2.75, 3.05) is 13.2 Å². The Bertz CT molecular complexity index is 1490. The van der Waals surface area contributed by atoms with Crippen molar-refractivity contribution < 1.29 is 69.7 Å². The second-order valence-electron chi connectivity index (χ2n) is 20.2. The van der Waals surface area contributed by atoms with Gasteiger partial charge in [0, 0.05) is 6.42 Å². The molecule has 320 valence electrons. The van der Waals surface area contributed by atoms with Gasteiger partial charge in [-0.2, -0.15) is 0 Å². The van der Waals surface area contributed by atoms with E-state index < -0.39 is 98.4 Å². The maximum absolute atomic E-state index is 12.8. The average molecular weight is 797 g/mol. The largest absolute Gasteiger partial charge is 0.394 e. The van der Waals surface area contributed by atoms with Crippen LogP contribution in [0, 0.1) is 50.7 Å². The molecule has 21 atom stereocenters. The van der Waals surface area contributed by atoms with Gasteiger partial charge in [0.15, 0.2) is 18.4 Å². The summed E-state index contributed by atoms with van der Waals surface area (Å²) in [6, 6.07) is 0. The molecule has 2 heterocycles. The normalized spacial score (nSPS) is 53.9. The zero-order valence-electron chi connectivity index (χ0n) is 33.9. The van der Waals surface area contributed by atoms with Crippen LogP contribution in [0.5, 0.6) is 0 Å². The number of fused-ring (bicyclic) bond motifs is 2. The smallest absolute Gasteiger partial charge is 0.186 e. The minimum absolute atomic E-state index is 0.00636. The summed E-state index contributed by atoms with van der Waals surface area (Å²) < 4.78 is 24.8. The summed E-state index contributed by atoms with van der Waals surface area (Å²) in [7, 11) is 0. The topological polar surface area (TPSA) is 236 Å². The van der Waals surface area contributed by atoms with Gasteiger partial charge in [-0.05, 0) is 115 Å². The summed E-state index contributed by atoms with van der Waals surface area (Å²) in [6.45, 7) is 15.4. The van der Waals surface area contributed by atoms with Gasteiger partial charge in [0.2, 0.25) is 0 Å². The van der Waals surface area contributed by atoms with Gasteiger partial charge in [-0.1, -0.05) is 41.2 Å². The highest BCUT2D eigenvalue weighted by molar-refractivity contribution is 5.94. The van der Waals surface area contributed by atoms with Crippen molar-refractivity contribution in [3.63, 3.8) is 0 Å². The third-order valence-electron chi connectivity index (χ3n) is 17.3. The molecule has 14 heteroatoms. The lowest BCUT2D eigenvalue weighted by molar-refractivity contribution is -0.329. The average Bonchev–Trinajstić information content (AvgIpc) is 3.73. The van der Waals surface area contributed by atoms with Gasteiger partial charge in [-0.15, -0.1) is 0 Å². The molecule has 7 aliphatic rings. The zero-order valence-corrected chi connectivity index (χ0v) is 33.9. The number of ether oxygens (including phenoxy) is 4. The molecule has 0 aromatic heterocycles. The van der Waals surface area contributed by atoms with Gasteiger partial charge < -0.3 is 64.9 Å². The molecule has 14 nitrogen and oxygen atoms in total. The van der Waals surface area contributed by atoms with Crippen LogP contribution in [-0.2, 0) is 23.7 Å². The number of carbonyl (C=O) groups excluding carboxylic acids is 1. The second-order valence-corrected chi connectivity index (χ2v) is 20.2. The lowest BCUT2D eigenvalue weighted by atomic mass is 9.41. The predicted octanol–water partition coefficient (Wildman–Crippen LogP) is 0.938. The van der Waals surface area contributed by atoms with Crippen molar-refractivity contribution in [2.45, 2.75) is 179 Å². The monoisotopic (exact) mass is 796 g/mol. The number of aliphatic hydroxyl groups is 9. The van der Waals surface area contributed by atoms with Crippen LogP contribution in [0.4, 0.5) is 0 Å². The first kappa shape index (κ1) is 43.0. The molecule has 0 aromatic carbocycles. The van der Waals surface area contributed by atoms with Gasteiger partial charge in [0.1, 0.15) is 48.8 Å². The lowest BCUT2D eigenvalue weighted by Crippen LogP contribution is -2.63. The van der Waals surface area contributed by atoms with Gasteiger partial charge >= 0.3 is 0 Å². The molecule has 0 amide bonds. The van der Waals surface area contributed by atoms with Gasteiger partial charge in [0.25, 0.3) is 0 Å². The Kier molecular flexibility index (Phi) is 11.4. The van der Waals surface area contributed by atoms with Crippen LogP contribution in [0.3, 0.4) is 0 Å². The summed E-state index contributed by atoms with van der Waals surface area (Å²) in [5.74, 6) is -0.0785. The van der Waals surface area contributed by atoms with E-state index in [1.165, 1.54) is 0 Å². The number of hydrogen-bond donors (Lipinski definition) is 9. The Morgan fingerprint density at radius 2 is 1.36 bits per heavy atom. The van der Waals surface area contributed by atoms with Crippen LogP contribution < -0.4 is 0 Å². The van der Waals surface area contributed by atoms with E-state index in [9.17, 15) is 50.8 Å². The SMILES string of the molecule is C=C(C)C(=O)CC[C@@H](C)[C@H]1[C@@H](O[C@@H]2O[C@H](CO)[C@@H](O)[C@H](O)[C@H]2O)C[C@@]2(C)[C@@H]3C[C@H](O)[C@H]4C(C)(C)[C@@H](O[C@@H]5O[C@H](CO)[C@@H](O)[C@H](O)[C@H]5O)CC[C@@]45C[C@@]35CC[C@]12C. The fourth-order valence-corrected chi connectivity index (χ4v) is 14.3. The van der Waals surface area contributed by atoms with Gasteiger partial charge in [-0.25, -0.2) is 0 Å². The third-order valence-corrected chi connectivity index (χ3v) is 17.3. The highest BCUT2D eigenvalue weighted by Crippen LogP contribution is 2.89. The number of carbonyl (C=O) groups is 1. The molecular weight excluding hydrogens is 728 g/mol. The van der Waals surface area contributed by atoms with Crippen molar-refractivity contribution >= 4 is 5.78 Å². The molecule has 0 bridgehead atoms. The summed E-state index contributed by atoms with van der Waals surface area (Å²) in [4.78, 5) is 12.8. The maximum atomic E-state index is 12.8. The molecule has 0 unspecified atom stereocenters. The lowest BCUT2D eigenvalue weighted by Gasteiger charge is -2.64. The Morgan fingerprint density at radius 1 is 0.786 bits per heavy atom. The number of ketones is 1. The zero-order chi connectivity index (χ0) is 41.1. The molecule has 5 aliphatic carbocycles. The molecule has 2 aliphatic heterocycles. The third kappa shape index (κ3) is 6.17. The molecule has 2 spiro atoms. The van der Waals surface area contributed by atoms with E-state index in [1.54, 1.807) is 6.92 Å². The van der Waals surface area contributed by atoms with Crippen LogP contribution in [0.15, 0.2) is 12.2 Å². The highest BCUT2D eigenvalue weighted by atomic mass is 16.7. The van der Waals surface area contributed by atoms with E-state index in [1.807, 2.05) is 0 Å². The van der Waals surface area contributed by atoms with E-state index in [4.69, 9.17) is 18.9 Å². The van der Waals surface area contributed by atoms with E-state index in [2.05, 4.69) is 41.2 Å². The van der Waals surface area contributed by atoms with Crippen molar-refractivity contribution in [1.82, 2.24) is 0 Å². The number of rotatable bonds is 11. The summed E-state index contributed by atoms with van der Waals surface area (Å²) >= 11 is 0. The van der Waals surface area contributed by atoms with Gasteiger partial charge in [-0.3, -0.25) is 4.79 Å². The summed E-state index contributed by atoms with van der Waals surface area (Å²) in [6.07, 6.45) is -9.22. The summed E-state index contributed by atoms with van der Waals surface area (Å²) in [5.41, 5.74) is -0.923. The molecule has 2 saturated heterocycles. The van der Waals surface area contributed by atoms with E-state index in [0.717, 1.165) is 25.7 Å². The van der Waals surface area contributed by atoms with Crippen LogP contribution in [0.1, 0.15) is 99.3 Å². The van der Waals surface area contributed by atoms with Crippen LogP contribution in [0.2, 0.25) is 0 Å². The van der Waals surface area contributed by atoms with Crippen molar-refractivity contribution in [3.05, 3.63) is 12.2 Å². The molecule has 9 N–H and O–H groups in total. The standard InChI is InChI=1S/C42H68O14/c1-19(2)21(45)9-8-20(3)28-23(53-36-33(51)31(49)29(47)24(16-43)54-36)15-40(7)26-14-22(46)35-38(4,5)27(56-37-34(52)32(50)30(48)25(17-44)55-37)10-11-42(35)18-41(26,42)13-12-39(28,40)6/h20,22-37,43-44,46-52H,1,8-18H2,2-7H3/t20-,22+,23+,24-,25-,26+,27+,28+,29-,30-,31+,32+,33-,34-,35+,36-,37+,39-,40+,41+,42-/m1/s1. The van der Waals surface area contributed by atoms with E-state index >= 15 is 0 Å². The highest BCUT2D eigenvalue weighted by Gasteiger charge is 2.84. The van der Waals surface area contributed by atoms with Gasteiger partial charge in [0.05, 0.1) is 31.5 Å². The molecule has 0 radical (unpaired) electrons. The van der Waals surface area contributed by atoms with E-state index in [-0.39, 0.29) is 51.1 Å². The Hall–Kier alpha value is -1.11. The maximum Gasteiger partial charge on any atom is 0.186 e. The van der Waals surface area contributed by atoms with Crippen molar-refractivity contribution in [3.8, 4) is 0 Å².